The number of aromatic hydroxyl groups is 1. The number of benzene rings is 1. The second-order valence-electron chi connectivity index (χ2n) is 4.03. The van der Waals surface area contributed by atoms with Crippen LogP contribution in [0.5, 0.6) is 5.75 Å². The highest BCUT2D eigenvalue weighted by molar-refractivity contribution is 5.33. The van der Waals surface area contributed by atoms with Crippen LogP contribution in [0, 0.1) is 11.6 Å². The van der Waals surface area contributed by atoms with Gasteiger partial charge in [-0.25, -0.2) is 8.78 Å². The highest BCUT2D eigenvalue weighted by Crippen LogP contribution is 2.29. The predicted octanol–water partition coefficient (Wildman–Crippen LogP) is 2.97. The first-order chi connectivity index (χ1) is 5.82. The van der Waals surface area contributed by atoms with Gasteiger partial charge in [0.25, 0.3) is 0 Å². The molecule has 0 aliphatic heterocycles. The van der Waals surface area contributed by atoms with Crippen molar-refractivity contribution in [1.82, 2.24) is 0 Å². The number of phenols is 1. The molecule has 13 heavy (non-hydrogen) atoms. The summed E-state index contributed by atoms with van der Waals surface area (Å²) in [5.74, 6) is -2.01. The summed E-state index contributed by atoms with van der Waals surface area (Å²) >= 11 is 0. The summed E-state index contributed by atoms with van der Waals surface area (Å²) in [6, 6.07) is 1.83. The van der Waals surface area contributed by atoms with Crippen molar-refractivity contribution in [1.29, 1.82) is 0 Å². The van der Waals surface area contributed by atoms with Gasteiger partial charge in [-0.05, 0) is 17.0 Å². The van der Waals surface area contributed by atoms with Crippen LogP contribution in [0.25, 0.3) is 0 Å². The average molecular weight is 186 g/mol. The first-order valence-electron chi connectivity index (χ1n) is 4.01. The fourth-order valence-electron chi connectivity index (χ4n) is 1.11. The Labute approximate surface area is 76.0 Å². The lowest BCUT2D eigenvalue weighted by molar-refractivity contribution is 0.419. The minimum absolute atomic E-state index is 0.266. The third kappa shape index (κ3) is 1.97. The molecule has 0 saturated heterocycles. The van der Waals surface area contributed by atoms with Gasteiger partial charge in [0, 0.05) is 6.07 Å². The van der Waals surface area contributed by atoms with Crippen molar-refractivity contribution >= 4 is 0 Å². The smallest absolute Gasteiger partial charge is 0.165 e. The summed E-state index contributed by atoms with van der Waals surface area (Å²) in [7, 11) is 0. The normalized spacial score (nSPS) is 11.8. The maximum absolute atomic E-state index is 13.2. The van der Waals surface area contributed by atoms with Crippen LogP contribution in [0.3, 0.4) is 0 Å². The number of rotatable bonds is 0. The molecule has 1 aromatic carbocycles. The molecule has 0 amide bonds. The summed E-state index contributed by atoms with van der Waals surface area (Å²) in [4.78, 5) is 0. The zero-order chi connectivity index (χ0) is 10.2. The van der Waals surface area contributed by atoms with Crippen LogP contribution >= 0.6 is 0 Å². The quantitative estimate of drug-likeness (QED) is 0.660. The molecule has 0 saturated carbocycles. The number of halogens is 2. The van der Waals surface area contributed by atoms with E-state index in [1.807, 2.05) is 0 Å². The molecule has 1 N–H and O–H groups in total. The van der Waals surface area contributed by atoms with Crippen LogP contribution in [0.2, 0.25) is 0 Å². The Kier molecular flexibility index (Phi) is 2.28. The molecule has 0 aliphatic rings. The molecule has 72 valence electrons. The Bertz CT molecular complexity index is 326. The van der Waals surface area contributed by atoms with E-state index >= 15 is 0 Å². The zero-order valence-electron chi connectivity index (χ0n) is 7.86. The van der Waals surface area contributed by atoms with E-state index in [-0.39, 0.29) is 5.56 Å². The van der Waals surface area contributed by atoms with Crippen LogP contribution in [-0.4, -0.2) is 5.11 Å². The Morgan fingerprint density at radius 2 is 1.62 bits per heavy atom. The number of phenolic OH excluding ortho intramolecular Hbond substituents is 1. The first-order valence-corrected chi connectivity index (χ1v) is 4.01. The first kappa shape index (κ1) is 9.96. The van der Waals surface area contributed by atoms with E-state index in [9.17, 15) is 8.78 Å². The molecule has 1 aromatic rings. The van der Waals surface area contributed by atoms with E-state index in [0.29, 0.717) is 0 Å². The van der Waals surface area contributed by atoms with E-state index < -0.39 is 22.8 Å². The molecule has 0 atom stereocenters. The van der Waals surface area contributed by atoms with Gasteiger partial charge in [-0.15, -0.1) is 0 Å². The van der Waals surface area contributed by atoms with Gasteiger partial charge in [0.2, 0.25) is 0 Å². The summed E-state index contributed by atoms with van der Waals surface area (Å²) in [6.07, 6.45) is 0. The lowest BCUT2D eigenvalue weighted by Gasteiger charge is -2.19. The van der Waals surface area contributed by atoms with Crippen molar-refractivity contribution in [3.63, 3.8) is 0 Å². The monoisotopic (exact) mass is 186 g/mol. The Hall–Kier alpha value is -1.12. The third-order valence-corrected chi connectivity index (χ3v) is 1.84. The average Bonchev–Trinajstić information content (AvgIpc) is 1.94. The summed E-state index contributed by atoms with van der Waals surface area (Å²) in [5.41, 5.74) is -0.193. The topological polar surface area (TPSA) is 20.2 Å². The van der Waals surface area contributed by atoms with Gasteiger partial charge in [0.1, 0.15) is 5.82 Å². The molecule has 0 bridgehead atoms. The molecule has 0 fully saturated rings. The summed E-state index contributed by atoms with van der Waals surface area (Å²) < 4.78 is 26.1. The van der Waals surface area contributed by atoms with Crippen molar-refractivity contribution in [2.75, 3.05) is 0 Å². The standard InChI is InChI=1S/C10H12F2O/c1-10(2,3)6-4-8(12)9(13)5-7(6)11/h4-5,13H,1-3H3. The molecular formula is C10H12F2O. The minimum Gasteiger partial charge on any atom is -0.505 e. The molecule has 0 aliphatic carbocycles. The van der Waals surface area contributed by atoms with Crippen molar-refractivity contribution in [3.05, 3.63) is 29.3 Å². The van der Waals surface area contributed by atoms with Gasteiger partial charge >= 0.3 is 0 Å². The summed E-state index contributed by atoms with van der Waals surface area (Å²) in [5, 5.41) is 8.88. The van der Waals surface area contributed by atoms with Gasteiger partial charge in [-0.3, -0.25) is 0 Å². The Balaban J connectivity index is 3.32. The van der Waals surface area contributed by atoms with Crippen LogP contribution in [0.15, 0.2) is 12.1 Å². The Morgan fingerprint density at radius 3 is 2.08 bits per heavy atom. The molecule has 3 heteroatoms. The number of hydrogen-bond donors (Lipinski definition) is 1. The van der Waals surface area contributed by atoms with Crippen LogP contribution in [-0.2, 0) is 5.41 Å². The molecule has 1 rings (SSSR count). The van der Waals surface area contributed by atoms with Gasteiger partial charge in [-0.1, -0.05) is 20.8 Å². The van der Waals surface area contributed by atoms with Crippen molar-refractivity contribution < 1.29 is 13.9 Å². The van der Waals surface area contributed by atoms with Gasteiger partial charge in [-0.2, -0.15) is 0 Å². The van der Waals surface area contributed by atoms with Gasteiger partial charge in [0.05, 0.1) is 0 Å². The minimum atomic E-state index is -0.786. The van der Waals surface area contributed by atoms with Crippen LogP contribution < -0.4 is 0 Å². The van der Waals surface area contributed by atoms with Gasteiger partial charge < -0.3 is 5.11 Å². The highest BCUT2D eigenvalue weighted by Gasteiger charge is 2.20. The predicted molar refractivity (Wildman–Crippen MR) is 46.7 cm³/mol. The number of hydrogen-bond acceptors (Lipinski definition) is 1. The van der Waals surface area contributed by atoms with Crippen molar-refractivity contribution in [2.24, 2.45) is 0 Å². The van der Waals surface area contributed by atoms with E-state index in [4.69, 9.17) is 5.11 Å². The van der Waals surface area contributed by atoms with E-state index in [1.54, 1.807) is 20.8 Å². The fraction of sp³-hybridized carbons (Fsp3) is 0.400. The third-order valence-electron chi connectivity index (χ3n) is 1.84. The van der Waals surface area contributed by atoms with Gasteiger partial charge in [0.15, 0.2) is 11.6 Å². The van der Waals surface area contributed by atoms with E-state index in [1.165, 1.54) is 0 Å². The fourth-order valence-corrected chi connectivity index (χ4v) is 1.11. The molecule has 0 aromatic heterocycles. The highest BCUT2D eigenvalue weighted by atomic mass is 19.1. The Morgan fingerprint density at radius 1 is 1.08 bits per heavy atom. The van der Waals surface area contributed by atoms with Crippen molar-refractivity contribution in [2.45, 2.75) is 26.2 Å². The lowest BCUT2D eigenvalue weighted by Crippen LogP contribution is -2.13. The zero-order valence-corrected chi connectivity index (χ0v) is 7.86. The molecule has 0 heterocycles. The van der Waals surface area contributed by atoms with E-state index in [2.05, 4.69) is 0 Å². The largest absolute Gasteiger partial charge is 0.505 e. The molecular weight excluding hydrogens is 174 g/mol. The molecule has 1 nitrogen and oxygen atoms in total. The molecule has 0 unspecified atom stereocenters. The second-order valence-corrected chi connectivity index (χ2v) is 4.03. The van der Waals surface area contributed by atoms with Crippen molar-refractivity contribution in [3.8, 4) is 5.75 Å². The van der Waals surface area contributed by atoms with Crippen LogP contribution in [0.4, 0.5) is 8.78 Å². The van der Waals surface area contributed by atoms with E-state index in [0.717, 1.165) is 12.1 Å². The molecule has 0 radical (unpaired) electrons. The SMILES string of the molecule is CC(C)(C)c1cc(F)c(O)cc1F. The second kappa shape index (κ2) is 2.98. The van der Waals surface area contributed by atoms with Crippen LogP contribution in [0.1, 0.15) is 26.3 Å². The molecule has 0 spiro atoms. The maximum Gasteiger partial charge on any atom is 0.165 e. The maximum atomic E-state index is 13.2. The lowest BCUT2D eigenvalue weighted by atomic mass is 9.86. The summed E-state index contributed by atoms with van der Waals surface area (Å²) in [6.45, 7) is 5.34.